The summed E-state index contributed by atoms with van der Waals surface area (Å²) in [5, 5.41) is 3.78. The first-order valence-electron chi connectivity index (χ1n) is 9.00. The molecule has 0 saturated carbocycles. The number of aryl methyl sites for hydroxylation is 1. The largest absolute Gasteiger partial charge is 0.335 e. The standard InChI is InChI=1S/C18H35N3/c1-5-9-10-16(8-4)17(19-11-6-2)15-18-20-12-14-21(18)13-7-3/h12,14,16-17,19H,5-11,13,15H2,1-4H3. The fourth-order valence-electron chi connectivity index (χ4n) is 3.06. The molecule has 21 heavy (non-hydrogen) atoms. The van der Waals surface area contributed by atoms with Crippen LogP contribution in [-0.2, 0) is 13.0 Å². The molecule has 1 rings (SSSR count). The summed E-state index contributed by atoms with van der Waals surface area (Å²) in [6, 6.07) is 0.569. The van der Waals surface area contributed by atoms with Crippen molar-refractivity contribution in [1.29, 1.82) is 0 Å². The van der Waals surface area contributed by atoms with Gasteiger partial charge in [-0.15, -0.1) is 0 Å². The van der Waals surface area contributed by atoms with Crippen molar-refractivity contribution in [2.45, 2.75) is 85.2 Å². The van der Waals surface area contributed by atoms with Gasteiger partial charge in [0.25, 0.3) is 0 Å². The Balaban J connectivity index is 2.72. The lowest BCUT2D eigenvalue weighted by molar-refractivity contribution is 0.309. The van der Waals surface area contributed by atoms with E-state index in [9.17, 15) is 0 Å². The molecule has 1 heterocycles. The Hall–Kier alpha value is -0.830. The van der Waals surface area contributed by atoms with E-state index >= 15 is 0 Å². The Bertz CT molecular complexity index is 359. The highest BCUT2D eigenvalue weighted by molar-refractivity contribution is 4.97. The first-order valence-corrected chi connectivity index (χ1v) is 9.00. The predicted octanol–water partition coefficient (Wildman–Crippen LogP) is 4.42. The van der Waals surface area contributed by atoms with Crippen LogP contribution in [0.2, 0.25) is 0 Å². The molecule has 1 aromatic heterocycles. The third-order valence-corrected chi connectivity index (χ3v) is 4.35. The smallest absolute Gasteiger partial charge is 0.110 e. The molecule has 122 valence electrons. The van der Waals surface area contributed by atoms with Crippen molar-refractivity contribution in [3.8, 4) is 0 Å². The highest BCUT2D eigenvalue weighted by atomic mass is 15.1. The maximum Gasteiger partial charge on any atom is 0.110 e. The third kappa shape index (κ3) is 6.21. The fourth-order valence-corrected chi connectivity index (χ4v) is 3.06. The first kappa shape index (κ1) is 18.2. The van der Waals surface area contributed by atoms with Gasteiger partial charge in [0.05, 0.1) is 0 Å². The zero-order valence-electron chi connectivity index (χ0n) is 14.6. The Morgan fingerprint density at radius 3 is 2.57 bits per heavy atom. The maximum absolute atomic E-state index is 4.60. The Morgan fingerprint density at radius 1 is 1.14 bits per heavy atom. The van der Waals surface area contributed by atoms with Gasteiger partial charge in [0.2, 0.25) is 0 Å². The minimum absolute atomic E-state index is 0.569. The molecule has 0 spiro atoms. The highest BCUT2D eigenvalue weighted by Gasteiger charge is 2.21. The Morgan fingerprint density at radius 2 is 1.95 bits per heavy atom. The number of rotatable bonds is 12. The number of hydrogen-bond acceptors (Lipinski definition) is 2. The van der Waals surface area contributed by atoms with Crippen LogP contribution >= 0.6 is 0 Å². The van der Waals surface area contributed by atoms with E-state index < -0.39 is 0 Å². The van der Waals surface area contributed by atoms with Crippen molar-refractivity contribution in [3.63, 3.8) is 0 Å². The maximum atomic E-state index is 4.60. The summed E-state index contributed by atoms with van der Waals surface area (Å²) >= 11 is 0. The normalized spacial score (nSPS) is 14.3. The summed E-state index contributed by atoms with van der Waals surface area (Å²) < 4.78 is 2.33. The molecule has 1 aromatic rings. The Kier molecular flexibility index (Phi) is 9.40. The van der Waals surface area contributed by atoms with Crippen LogP contribution in [0.15, 0.2) is 12.4 Å². The van der Waals surface area contributed by atoms with Crippen molar-refractivity contribution in [2.75, 3.05) is 6.54 Å². The van der Waals surface area contributed by atoms with E-state index in [4.69, 9.17) is 0 Å². The lowest BCUT2D eigenvalue weighted by Crippen LogP contribution is -2.39. The van der Waals surface area contributed by atoms with Gasteiger partial charge < -0.3 is 9.88 Å². The van der Waals surface area contributed by atoms with E-state index in [2.05, 4.69) is 48.8 Å². The van der Waals surface area contributed by atoms with Gasteiger partial charge in [0.1, 0.15) is 5.82 Å². The second-order valence-corrected chi connectivity index (χ2v) is 6.11. The molecule has 3 nitrogen and oxygen atoms in total. The molecule has 0 bridgehead atoms. The van der Waals surface area contributed by atoms with Crippen LogP contribution in [-0.4, -0.2) is 22.1 Å². The van der Waals surface area contributed by atoms with Crippen LogP contribution in [0.25, 0.3) is 0 Å². The van der Waals surface area contributed by atoms with E-state index in [1.165, 1.54) is 44.3 Å². The van der Waals surface area contributed by atoms with Crippen LogP contribution in [0, 0.1) is 5.92 Å². The second kappa shape index (κ2) is 10.8. The van der Waals surface area contributed by atoms with Gasteiger partial charge in [-0.2, -0.15) is 0 Å². The van der Waals surface area contributed by atoms with Crippen molar-refractivity contribution in [1.82, 2.24) is 14.9 Å². The van der Waals surface area contributed by atoms with Crippen molar-refractivity contribution >= 4 is 0 Å². The van der Waals surface area contributed by atoms with Crippen molar-refractivity contribution < 1.29 is 0 Å². The second-order valence-electron chi connectivity index (χ2n) is 6.11. The fraction of sp³-hybridized carbons (Fsp3) is 0.833. The molecule has 0 aliphatic carbocycles. The molecule has 0 aromatic carbocycles. The van der Waals surface area contributed by atoms with Crippen LogP contribution in [0.5, 0.6) is 0 Å². The van der Waals surface area contributed by atoms with Gasteiger partial charge in [-0.1, -0.05) is 47.0 Å². The summed E-state index contributed by atoms with van der Waals surface area (Å²) in [5.41, 5.74) is 0. The molecule has 2 atom stereocenters. The summed E-state index contributed by atoms with van der Waals surface area (Å²) in [7, 11) is 0. The summed E-state index contributed by atoms with van der Waals surface area (Å²) in [4.78, 5) is 4.60. The molecular weight excluding hydrogens is 258 g/mol. The van der Waals surface area contributed by atoms with Gasteiger partial charge in [0.15, 0.2) is 0 Å². The van der Waals surface area contributed by atoms with Crippen LogP contribution in [0.4, 0.5) is 0 Å². The minimum atomic E-state index is 0.569. The predicted molar refractivity (Wildman–Crippen MR) is 91.6 cm³/mol. The van der Waals surface area contributed by atoms with Crippen molar-refractivity contribution in [3.05, 3.63) is 18.2 Å². The monoisotopic (exact) mass is 293 g/mol. The van der Waals surface area contributed by atoms with Crippen LogP contribution in [0.3, 0.4) is 0 Å². The topological polar surface area (TPSA) is 29.9 Å². The molecule has 2 unspecified atom stereocenters. The average molecular weight is 293 g/mol. The van der Waals surface area contributed by atoms with Gasteiger partial charge in [0, 0.05) is 31.4 Å². The highest BCUT2D eigenvalue weighted by Crippen LogP contribution is 2.20. The molecule has 0 radical (unpaired) electrons. The molecule has 0 amide bonds. The molecule has 0 aliphatic heterocycles. The van der Waals surface area contributed by atoms with Gasteiger partial charge >= 0.3 is 0 Å². The molecule has 1 N–H and O–H groups in total. The number of aromatic nitrogens is 2. The van der Waals surface area contributed by atoms with Gasteiger partial charge in [-0.3, -0.25) is 0 Å². The first-order chi connectivity index (χ1) is 10.3. The van der Waals surface area contributed by atoms with Gasteiger partial charge in [-0.25, -0.2) is 4.98 Å². The van der Waals surface area contributed by atoms with Crippen molar-refractivity contribution in [2.24, 2.45) is 5.92 Å². The molecule has 3 heteroatoms. The molecule has 0 fully saturated rings. The van der Waals surface area contributed by atoms with E-state index in [-0.39, 0.29) is 0 Å². The number of imidazole rings is 1. The van der Waals surface area contributed by atoms with E-state index in [0.717, 1.165) is 25.4 Å². The Labute approximate surface area is 131 Å². The zero-order chi connectivity index (χ0) is 15.5. The van der Waals surface area contributed by atoms with Crippen LogP contribution < -0.4 is 5.32 Å². The lowest BCUT2D eigenvalue weighted by Gasteiger charge is -2.27. The zero-order valence-corrected chi connectivity index (χ0v) is 14.6. The number of nitrogens with one attached hydrogen (secondary N) is 1. The van der Waals surface area contributed by atoms with E-state index in [1.807, 2.05) is 6.20 Å². The van der Waals surface area contributed by atoms with Crippen LogP contribution in [0.1, 0.15) is 72.0 Å². The quantitative estimate of drug-likeness (QED) is 0.618. The number of hydrogen-bond donors (Lipinski definition) is 1. The molecule has 0 aliphatic rings. The van der Waals surface area contributed by atoms with E-state index in [0.29, 0.717) is 6.04 Å². The van der Waals surface area contributed by atoms with Gasteiger partial charge in [-0.05, 0) is 31.7 Å². The lowest BCUT2D eigenvalue weighted by atomic mass is 9.89. The van der Waals surface area contributed by atoms with E-state index in [1.54, 1.807) is 0 Å². The summed E-state index contributed by atoms with van der Waals surface area (Å²) in [6.07, 6.45) is 12.7. The summed E-state index contributed by atoms with van der Waals surface area (Å²) in [6.45, 7) is 11.3. The molecular formula is C18H35N3. The molecule has 0 saturated heterocycles. The third-order valence-electron chi connectivity index (χ3n) is 4.35. The average Bonchev–Trinajstić information content (AvgIpc) is 2.92. The minimum Gasteiger partial charge on any atom is -0.335 e. The number of nitrogens with zero attached hydrogens (tertiary/aromatic N) is 2. The summed E-state index contributed by atoms with van der Waals surface area (Å²) in [5.74, 6) is 2.02. The SMILES string of the molecule is CCCCC(CC)C(Cc1nccn1CCC)NCCC. The number of unbranched alkanes of at least 4 members (excludes halogenated alkanes) is 1.